The molecule has 2 nitrogen and oxygen atoms in total. The minimum atomic E-state index is -0.221. The Morgan fingerprint density at radius 2 is 1.81 bits per heavy atom. The average Bonchev–Trinajstić information content (AvgIpc) is 2.30. The van der Waals surface area contributed by atoms with Gasteiger partial charge in [-0.05, 0) is 17.5 Å². The van der Waals surface area contributed by atoms with Crippen molar-refractivity contribution < 1.29 is 4.39 Å². The molecule has 1 aromatic carbocycles. The van der Waals surface area contributed by atoms with Gasteiger partial charge in [0.15, 0.2) is 0 Å². The zero-order valence-electron chi connectivity index (χ0n) is 9.31. The van der Waals surface area contributed by atoms with E-state index < -0.39 is 0 Å². The highest BCUT2D eigenvalue weighted by Crippen LogP contribution is 2.24. The zero-order valence-corrected chi connectivity index (χ0v) is 9.31. The fourth-order valence-electron chi connectivity index (χ4n) is 1.56. The molecule has 1 aromatic heterocycles. The van der Waals surface area contributed by atoms with Gasteiger partial charge < -0.3 is 0 Å². The Hall–Kier alpha value is -1.77. The second-order valence-electron chi connectivity index (χ2n) is 4.02. The molecule has 0 N–H and O–H groups in total. The summed E-state index contributed by atoms with van der Waals surface area (Å²) >= 11 is 0. The molecular weight excluding hydrogens is 203 g/mol. The number of aromatic nitrogens is 2. The Kier molecular flexibility index (Phi) is 2.95. The van der Waals surface area contributed by atoms with Crippen LogP contribution in [0.5, 0.6) is 0 Å². The summed E-state index contributed by atoms with van der Waals surface area (Å²) < 4.78 is 13.8. The molecule has 0 saturated heterocycles. The highest BCUT2D eigenvalue weighted by atomic mass is 19.1. The molecule has 0 atom stereocenters. The molecule has 0 fully saturated rings. The third-order valence-corrected chi connectivity index (χ3v) is 2.53. The molecular formula is C13H13FN2. The van der Waals surface area contributed by atoms with Crippen molar-refractivity contribution in [2.24, 2.45) is 0 Å². The molecule has 2 rings (SSSR count). The average molecular weight is 216 g/mol. The molecule has 16 heavy (non-hydrogen) atoms. The Balaban J connectivity index is 2.45. The van der Waals surface area contributed by atoms with Crippen LogP contribution in [0, 0.1) is 5.82 Å². The molecule has 0 saturated carbocycles. The van der Waals surface area contributed by atoms with Crippen LogP contribution >= 0.6 is 0 Å². The van der Waals surface area contributed by atoms with Crippen molar-refractivity contribution >= 4 is 0 Å². The molecule has 0 amide bonds. The lowest BCUT2D eigenvalue weighted by atomic mass is 9.99. The molecule has 82 valence electrons. The van der Waals surface area contributed by atoms with Crippen LogP contribution in [0.4, 0.5) is 4.39 Å². The minimum Gasteiger partial charge on any atom is -0.244 e. The van der Waals surface area contributed by atoms with Crippen LogP contribution in [-0.2, 0) is 0 Å². The maximum atomic E-state index is 13.8. The second kappa shape index (κ2) is 4.39. The van der Waals surface area contributed by atoms with Gasteiger partial charge in [0.1, 0.15) is 12.1 Å². The molecule has 1 heterocycles. The summed E-state index contributed by atoms with van der Waals surface area (Å²) in [7, 11) is 0. The lowest BCUT2D eigenvalue weighted by molar-refractivity contribution is 0.626. The number of hydrogen-bond acceptors (Lipinski definition) is 2. The summed E-state index contributed by atoms with van der Waals surface area (Å²) in [5, 5.41) is 0. The monoisotopic (exact) mass is 216 g/mol. The van der Waals surface area contributed by atoms with E-state index in [9.17, 15) is 4.39 Å². The van der Waals surface area contributed by atoms with Gasteiger partial charge in [-0.25, -0.2) is 14.4 Å². The summed E-state index contributed by atoms with van der Waals surface area (Å²) in [6, 6.07) is 5.30. The van der Waals surface area contributed by atoms with Gasteiger partial charge in [-0.1, -0.05) is 26.0 Å². The summed E-state index contributed by atoms with van der Waals surface area (Å²) in [5.74, 6) is 0.108. The maximum absolute atomic E-state index is 13.8. The van der Waals surface area contributed by atoms with Crippen LogP contribution in [0.2, 0.25) is 0 Å². The molecule has 0 radical (unpaired) electrons. The van der Waals surface area contributed by atoms with Crippen LogP contribution < -0.4 is 0 Å². The van der Waals surface area contributed by atoms with E-state index >= 15 is 0 Å². The molecule has 0 bridgehead atoms. The fraction of sp³-hybridized carbons (Fsp3) is 0.231. The maximum Gasteiger partial charge on any atom is 0.131 e. The molecule has 0 aliphatic rings. The van der Waals surface area contributed by atoms with E-state index in [4.69, 9.17) is 0 Å². The van der Waals surface area contributed by atoms with E-state index in [0.717, 1.165) is 5.56 Å². The van der Waals surface area contributed by atoms with Crippen molar-refractivity contribution in [2.45, 2.75) is 19.8 Å². The van der Waals surface area contributed by atoms with Crippen molar-refractivity contribution in [3.8, 4) is 11.1 Å². The van der Waals surface area contributed by atoms with E-state index in [1.165, 1.54) is 6.33 Å². The SMILES string of the molecule is CC(C)c1ccc(-c2cncnc2)c(F)c1. The van der Waals surface area contributed by atoms with Crippen LogP contribution in [0.25, 0.3) is 11.1 Å². The number of hydrogen-bond donors (Lipinski definition) is 0. The first-order chi connectivity index (χ1) is 7.68. The third-order valence-electron chi connectivity index (χ3n) is 2.53. The van der Waals surface area contributed by atoms with E-state index in [-0.39, 0.29) is 5.82 Å². The number of halogens is 1. The van der Waals surface area contributed by atoms with Gasteiger partial charge in [0.25, 0.3) is 0 Å². The molecule has 3 heteroatoms. The number of rotatable bonds is 2. The fourth-order valence-corrected chi connectivity index (χ4v) is 1.56. The second-order valence-corrected chi connectivity index (χ2v) is 4.02. The largest absolute Gasteiger partial charge is 0.244 e. The van der Waals surface area contributed by atoms with E-state index in [0.29, 0.717) is 17.0 Å². The first-order valence-electron chi connectivity index (χ1n) is 5.23. The molecule has 0 aliphatic carbocycles. The minimum absolute atomic E-state index is 0.221. The topological polar surface area (TPSA) is 25.8 Å². The summed E-state index contributed by atoms with van der Waals surface area (Å²) in [6.07, 6.45) is 4.66. The van der Waals surface area contributed by atoms with Gasteiger partial charge in [-0.2, -0.15) is 0 Å². The Morgan fingerprint density at radius 3 is 2.38 bits per heavy atom. The molecule has 0 spiro atoms. The van der Waals surface area contributed by atoms with E-state index in [1.54, 1.807) is 24.5 Å². The van der Waals surface area contributed by atoms with Gasteiger partial charge in [0.05, 0.1) is 0 Å². The Morgan fingerprint density at radius 1 is 1.12 bits per heavy atom. The molecule has 0 aliphatic heterocycles. The summed E-state index contributed by atoms with van der Waals surface area (Å²) in [5.41, 5.74) is 2.25. The first-order valence-corrected chi connectivity index (χ1v) is 5.23. The number of nitrogens with zero attached hydrogens (tertiary/aromatic N) is 2. The van der Waals surface area contributed by atoms with Crippen molar-refractivity contribution in [3.63, 3.8) is 0 Å². The zero-order chi connectivity index (χ0) is 11.5. The van der Waals surface area contributed by atoms with Gasteiger partial charge in [-0.3, -0.25) is 0 Å². The normalized spacial score (nSPS) is 10.8. The quantitative estimate of drug-likeness (QED) is 0.768. The molecule has 0 unspecified atom stereocenters. The van der Waals surface area contributed by atoms with Crippen molar-refractivity contribution in [2.75, 3.05) is 0 Å². The number of benzene rings is 1. The van der Waals surface area contributed by atoms with Gasteiger partial charge in [0, 0.05) is 23.5 Å². The standard InChI is InChI=1S/C13H13FN2/c1-9(2)10-3-4-12(13(14)5-10)11-6-15-8-16-7-11/h3-9H,1-2H3. The predicted octanol–water partition coefficient (Wildman–Crippen LogP) is 3.41. The molecule has 2 aromatic rings. The summed E-state index contributed by atoms with van der Waals surface area (Å²) in [6.45, 7) is 4.08. The van der Waals surface area contributed by atoms with Gasteiger partial charge >= 0.3 is 0 Å². The van der Waals surface area contributed by atoms with Gasteiger partial charge in [-0.15, -0.1) is 0 Å². The van der Waals surface area contributed by atoms with Crippen LogP contribution in [0.3, 0.4) is 0 Å². The van der Waals surface area contributed by atoms with Gasteiger partial charge in [0.2, 0.25) is 0 Å². The lowest BCUT2D eigenvalue weighted by Gasteiger charge is -2.08. The Bertz CT molecular complexity index is 481. The highest BCUT2D eigenvalue weighted by Gasteiger charge is 2.08. The van der Waals surface area contributed by atoms with Crippen molar-refractivity contribution in [1.29, 1.82) is 0 Å². The Labute approximate surface area is 94.2 Å². The summed E-state index contributed by atoms with van der Waals surface area (Å²) in [4.78, 5) is 7.76. The van der Waals surface area contributed by atoms with Crippen molar-refractivity contribution in [3.05, 3.63) is 48.3 Å². The van der Waals surface area contributed by atoms with Crippen LogP contribution in [-0.4, -0.2) is 9.97 Å². The lowest BCUT2D eigenvalue weighted by Crippen LogP contribution is -1.92. The van der Waals surface area contributed by atoms with E-state index in [1.807, 2.05) is 19.9 Å². The smallest absolute Gasteiger partial charge is 0.131 e. The van der Waals surface area contributed by atoms with Crippen LogP contribution in [0.1, 0.15) is 25.3 Å². The third kappa shape index (κ3) is 2.08. The van der Waals surface area contributed by atoms with Crippen molar-refractivity contribution in [1.82, 2.24) is 9.97 Å². The first kappa shape index (κ1) is 10.7. The van der Waals surface area contributed by atoms with E-state index in [2.05, 4.69) is 9.97 Å². The highest BCUT2D eigenvalue weighted by molar-refractivity contribution is 5.62. The van der Waals surface area contributed by atoms with Crippen LogP contribution in [0.15, 0.2) is 36.9 Å². The predicted molar refractivity (Wildman–Crippen MR) is 61.5 cm³/mol.